The minimum absolute atomic E-state index is 0.397. The number of aromatic amines is 1. The molecule has 1 atom stereocenters. The fraction of sp³-hybridized carbons (Fsp3) is 0.312. The van der Waals surface area contributed by atoms with E-state index in [0.717, 1.165) is 36.0 Å². The van der Waals surface area contributed by atoms with E-state index < -0.39 is 0 Å². The Kier molecular flexibility index (Phi) is 2.84. The van der Waals surface area contributed by atoms with E-state index in [9.17, 15) is 0 Å². The molecule has 0 radical (unpaired) electrons. The molecule has 0 saturated carbocycles. The lowest BCUT2D eigenvalue weighted by atomic mass is 9.93. The number of nitrogens with zero attached hydrogens (tertiary/aromatic N) is 3. The van der Waals surface area contributed by atoms with Gasteiger partial charge in [-0.1, -0.05) is 11.6 Å². The minimum Gasteiger partial charge on any atom is -0.366 e. The van der Waals surface area contributed by atoms with Crippen LogP contribution in [0.5, 0.6) is 0 Å². The van der Waals surface area contributed by atoms with Crippen molar-refractivity contribution in [2.75, 3.05) is 5.32 Å². The lowest BCUT2D eigenvalue weighted by Crippen LogP contribution is -2.27. The molecule has 21 heavy (non-hydrogen) atoms. The maximum Gasteiger partial charge on any atom is 0.137 e. The highest BCUT2D eigenvalue weighted by atomic mass is 15.1. The van der Waals surface area contributed by atoms with Gasteiger partial charge in [0.2, 0.25) is 0 Å². The van der Waals surface area contributed by atoms with Crippen molar-refractivity contribution in [2.45, 2.75) is 32.2 Å². The van der Waals surface area contributed by atoms with E-state index in [4.69, 9.17) is 0 Å². The van der Waals surface area contributed by atoms with E-state index in [1.807, 2.05) is 12.3 Å². The van der Waals surface area contributed by atoms with Crippen molar-refractivity contribution >= 4 is 16.7 Å². The number of aromatic nitrogens is 4. The highest BCUT2D eigenvalue weighted by Crippen LogP contribution is 2.25. The van der Waals surface area contributed by atoms with Crippen LogP contribution in [-0.2, 0) is 12.8 Å². The Bertz CT molecular complexity index is 792. The van der Waals surface area contributed by atoms with Gasteiger partial charge in [-0.25, -0.2) is 9.97 Å². The molecule has 0 aliphatic heterocycles. The predicted octanol–water partition coefficient (Wildman–Crippen LogP) is 2.63. The molecule has 1 unspecified atom stereocenters. The number of rotatable bonds is 2. The van der Waals surface area contributed by atoms with Crippen molar-refractivity contribution < 1.29 is 0 Å². The molecule has 2 aromatic heterocycles. The summed E-state index contributed by atoms with van der Waals surface area (Å²) in [5.74, 6) is 0.931. The van der Waals surface area contributed by atoms with Crippen molar-refractivity contribution in [1.29, 1.82) is 0 Å². The van der Waals surface area contributed by atoms with Crippen molar-refractivity contribution in [2.24, 2.45) is 0 Å². The number of H-pyrrole nitrogens is 1. The third kappa shape index (κ3) is 2.24. The predicted molar refractivity (Wildman–Crippen MR) is 82.3 cm³/mol. The molecule has 0 bridgehead atoms. The van der Waals surface area contributed by atoms with Gasteiger partial charge in [0.1, 0.15) is 12.1 Å². The van der Waals surface area contributed by atoms with Crippen LogP contribution in [0.15, 0.2) is 30.7 Å². The Morgan fingerprint density at radius 1 is 1.29 bits per heavy atom. The third-order valence-electron chi connectivity index (χ3n) is 4.15. The fourth-order valence-corrected chi connectivity index (χ4v) is 3.02. The first-order chi connectivity index (χ1) is 10.3. The summed E-state index contributed by atoms with van der Waals surface area (Å²) in [5.41, 5.74) is 4.80. The molecule has 0 amide bonds. The van der Waals surface area contributed by atoms with Gasteiger partial charge in [0.25, 0.3) is 0 Å². The van der Waals surface area contributed by atoms with Gasteiger partial charge in [-0.2, -0.15) is 5.10 Å². The van der Waals surface area contributed by atoms with Crippen molar-refractivity contribution in [3.63, 3.8) is 0 Å². The molecular formula is C16H17N5. The second-order valence-electron chi connectivity index (χ2n) is 5.70. The Labute approximate surface area is 122 Å². The van der Waals surface area contributed by atoms with E-state index in [-0.39, 0.29) is 0 Å². The van der Waals surface area contributed by atoms with E-state index in [1.165, 1.54) is 16.8 Å². The third-order valence-corrected chi connectivity index (χ3v) is 4.15. The van der Waals surface area contributed by atoms with Gasteiger partial charge in [-0.05, 0) is 43.9 Å². The quantitative estimate of drug-likeness (QED) is 0.756. The number of nitrogens with one attached hydrogen (secondary N) is 2. The van der Waals surface area contributed by atoms with Gasteiger partial charge < -0.3 is 5.32 Å². The van der Waals surface area contributed by atoms with Crippen LogP contribution in [0.25, 0.3) is 10.9 Å². The Morgan fingerprint density at radius 2 is 2.24 bits per heavy atom. The zero-order valence-electron chi connectivity index (χ0n) is 11.9. The zero-order chi connectivity index (χ0) is 14.2. The molecule has 106 valence electrons. The summed E-state index contributed by atoms with van der Waals surface area (Å²) >= 11 is 0. The van der Waals surface area contributed by atoms with E-state index >= 15 is 0 Å². The Morgan fingerprint density at radius 3 is 3.19 bits per heavy atom. The summed E-state index contributed by atoms with van der Waals surface area (Å²) in [7, 11) is 0. The summed E-state index contributed by atoms with van der Waals surface area (Å²) in [4.78, 5) is 8.78. The maximum absolute atomic E-state index is 4.44. The van der Waals surface area contributed by atoms with Crippen LogP contribution in [0.3, 0.4) is 0 Å². The smallest absolute Gasteiger partial charge is 0.137 e. The van der Waals surface area contributed by atoms with Gasteiger partial charge in [-0.3, -0.25) is 5.10 Å². The molecule has 1 aliphatic rings. The highest BCUT2D eigenvalue weighted by Gasteiger charge is 2.20. The monoisotopic (exact) mass is 279 g/mol. The SMILES string of the molecule is Cc1ccc2ncnc(NC3CCc4[nH]ncc4C3)c2c1. The van der Waals surface area contributed by atoms with Gasteiger partial charge in [-0.15, -0.1) is 0 Å². The number of anilines is 1. The van der Waals surface area contributed by atoms with Crippen LogP contribution < -0.4 is 5.32 Å². The van der Waals surface area contributed by atoms with Gasteiger partial charge in [0, 0.05) is 17.1 Å². The molecule has 5 nitrogen and oxygen atoms in total. The maximum atomic E-state index is 4.44. The number of hydrogen-bond donors (Lipinski definition) is 2. The molecule has 2 heterocycles. The molecule has 1 aromatic carbocycles. The first-order valence-corrected chi connectivity index (χ1v) is 7.28. The zero-order valence-corrected chi connectivity index (χ0v) is 11.9. The highest BCUT2D eigenvalue weighted by molar-refractivity contribution is 5.89. The largest absolute Gasteiger partial charge is 0.366 e. The van der Waals surface area contributed by atoms with Crippen LogP contribution in [0.4, 0.5) is 5.82 Å². The molecule has 3 aromatic rings. The normalized spacial score (nSPS) is 17.7. The summed E-state index contributed by atoms with van der Waals surface area (Å²) in [6, 6.07) is 6.67. The van der Waals surface area contributed by atoms with Crippen LogP contribution in [0, 0.1) is 6.92 Å². The van der Waals surface area contributed by atoms with Crippen LogP contribution >= 0.6 is 0 Å². The van der Waals surface area contributed by atoms with Crippen molar-refractivity contribution in [3.8, 4) is 0 Å². The molecule has 1 aliphatic carbocycles. The van der Waals surface area contributed by atoms with Crippen molar-refractivity contribution in [1.82, 2.24) is 20.2 Å². The lowest BCUT2D eigenvalue weighted by Gasteiger charge is -2.23. The standard InChI is InChI=1S/C16H17N5/c1-10-2-4-15-13(6-10)16(18-9-17-15)20-12-3-5-14-11(7-12)8-19-21-14/h2,4,6,8-9,12H,3,5,7H2,1H3,(H,19,21)(H,17,18,20). The van der Waals surface area contributed by atoms with E-state index in [2.05, 4.69) is 44.5 Å². The molecule has 0 fully saturated rings. The van der Waals surface area contributed by atoms with Crippen molar-refractivity contribution in [3.05, 3.63) is 47.5 Å². The Balaban J connectivity index is 1.64. The van der Waals surface area contributed by atoms with Gasteiger partial charge in [0.15, 0.2) is 0 Å². The second-order valence-corrected chi connectivity index (χ2v) is 5.70. The van der Waals surface area contributed by atoms with E-state index in [0.29, 0.717) is 6.04 Å². The minimum atomic E-state index is 0.397. The summed E-state index contributed by atoms with van der Waals surface area (Å²) in [6.45, 7) is 2.09. The lowest BCUT2D eigenvalue weighted by molar-refractivity contribution is 0.603. The fourth-order valence-electron chi connectivity index (χ4n) is 3.02. The number of aryl methyl sites for hydroxylation is 2. The van der Waals surface area contributed by atoms with Crippen LogP contribution in [0.1, 0.15) is 23.2 Å². The first kappa shape index (κ1) is 12.3. The number of hydrogen-bond acceptors (Lipinski definition) is 4. The van der Waals surface area contributed by atoms with Gasteiger partial charge >= 0.3 is 0 Å². The molecule has 0 saturated heterocycles. The van der Waals surface area contributed by atoms with Gasteiger partial charge in [0.05, 0.1) is 11.7 Å². The van der Waals surface area contributed by atoms with E-state index in [1.54, 1.807) is 6.33 Å². The Hall–Kier alpha value is -2.43. The summed E-state index contributed by atoms with van der Waals surface area (Å²) in [6.07, 6.45) is 6.68. The second kappa shape index (κ2) is 4.84. The van der Waals surface area contributed by atoms with Crippen LogP contribution in [-0.4, -0.2) is 26.2 Å². The molecule has 5 heteroatoms. The molecule has 0 spiro atoms. The summed E-state index contributed by atoms with van der Waals surface area (Å²) < 4.78 is 0. The molecular weight excluding hydrogens is 262 g/mol. The average molecular weight is 279 g/mol. The molecule has 2 N–H and O–H groups in total. The average Bonchev–Trinajstić information content (AvgIpc) is 2.95. The van der Waals surface area contributed by atoms with Crippen LogP contribution in [0.2, 0.25) is 0 Å². The topological polar surface area (TPSA) is 66.5 Å². The molecule has 4 rings (SSSR count). The first-order valence-electron chi connectivity index (χ1n) is 7.28. The summed E-state index contributed by atoms with van der Waals surface area (Å²) in [5, 5.41) is 11.9. The number of benzene rings is 1. The number of fused-ring (bicyclic) bond motifs is 2.